The summed E-state index contributed by atoms with van der Waals surface area (Å²) in [6, 6.07) is 11.0. The summed E-state index contributed by atoms with van der Waals surface area (Å²) in [7, 11) is 0. The second-order valence-electron chi connectivity index (χ2n) is 3.35. The van der Waals surface area contributed by atoms with E-state index in [0.717, 1.165) is 11.4 Å². The molecule has 0 saturated carbocycles. The number of nitrogens with zero attached hydrogens (tertiary/aromatic N) is 1. The summed E-state index contributed by atoms with van der Waals surface area (Å²) in [5.74, 6) is 0.820. The molecule has 0 aliphatic rings. The minimum atomic E-state index is 0.534. The molecule has 2 rings (SSSR count). The number of nitrogens with one attached hydrogen (secondary N) is 1. The van der Waals surface area contributed by atoms with Crippen LogP contribution in [-0.4, -0.2) is 0 Å². The number of nitriles is 1. The van der Waals surface area contributed by atoms with Crippen LogP contribution in [0, 0.1) is 11.3 Å². The number of rotatable bonds is 3. The van der Waals surface area contributed by atoms with Crippen molar-refractivity contribution >= 4 is 11.4 Å². The van der Waals surface area contributed by atoms with E-state index in [1.54, 1.807) is 24.5 Å². The number of hydrogen-bond donors (Lipinski definition) is 2. The van der Waals surface area contributed by atoms with Crippen LogP contribution in [0.1, 0.15) is 11.3 Å². The Bertz CT molecular complexity index is 512. The van der Waals surface area contributed by atoms with Gasteiger partial charge >= 0.3 is 0 Å². The van der Waals surface area contributed by atoms with Crippen molar-refractivity contribution in [2.75, 3.05) is 11.1 Å². The zero-order chi connectivity index (χ0) is 11.4. The molecule has 0 spiro atoms. The second-order valence-corrected chi connectivity index (χ2v) is 3.35. The van der Waals surface area contributed by atoms with Crippen molar-refractivity contribution in [2.45, 2.75) is 6.54 Å². The topological polar surface area (TPSA) is 75.0 Å². The summed E-state index contributed by atoms with van der Waals surface area (Å²) in [5, 5.41) is 12.1. The lowest BCUT2D eigenvalue weighted by molar-refractivity contribution is 0.518. The molecule has 4 nitrogen and oxygen atoms in total. The highest BCUT2D eigenvalue weighted by molar-refractivity contribution is 5.62. The number of anilines is 2. The zero-order valence-corrected chi connectivity index (χ0v) is 8.60. The van der Waals surface area contributed by atoms with Gasteiger partial charge in [0.15, 0.2) is 0 Å². The van der Waals surface area contributed by atoms with Gasteiger partial charge in [0, 0.05) is 5.69 Å². The van der Waals surface area contributed by atoms with Gasteiger partial charge in [-0.05, 0) is 30.3 Å². The van der Waals surface area contributed by atoms with Gasteiger partial charge in [-0.25, -0.2) is 0 Å². The van der Waals surface area contributed by atoms with E-state index in [1.807, 2.05) is 12.1 Å². The Morgan fingerprint density at radius 1 is 1.38 bits per heavy atom. The fourth-order valence-electron chi connectivity index (χ4n) is 1.40. The van der Waals surface area contributed by atoms with Crippen molar-refractivity contribution in [3.63, 3.8) is 0 Å². The van der Waals surface area contributed by atoms with Gasteiger partial charge in [0.1, 0.15) is 11.8 Å². The van der Waals surface area contributed by atoms with Crippen LogP contribution in [-0.2, 0) is 6.54 Å². The number of nitrogen functional groups attached to an aromatic ring is 1. The molecule has 1 aromatic carbocycles. The lowest BCUT2D eigenvalue weighted by atomic mass is 10.1. The Balaban J connectivity index is 2.13. The van der Waals surface area contributed by atoms with Crippen LogP contribution in [0.15, 0.2) is 41.0 Å². The van der Waals surface area contributed by atoms with E-state index < -0.39 is 0 Å². The molecule has 0 fully saturated rings. The Morgan fingerprint density at radius 3 is 2.94 bits per heavy atom. The van der Waals surface area contributed by atoms with E-state index in [9.17, 15) is 0 Å². The number of nitrogens with two attached hydrogens (primary N) is 1. The van der Waals surface area contributed by atoms with Crippen LogP contribution in [0.3, 0.4) is 0 Å². The lowest BCUT2D eigenvalue weighted by Gasteiger charge is -2.06. The third-order valence-corrected chi connectivity index (χ3v) is 2.20. The van der Waals surface area contributed by atoms with Crippen molar-refractivity contribution in [3.05, 3.63) is 47.9 Å². The Labute approximate surface area is 93.3 Å². The number of furan rings is 1. The maximum absolute atomic E-state index is 8.93. The van der Waals surface area contributed by atoms with Crippen LogP contribution >= 0.6 is 0 Å². The van der Waals surface area contributed by atoms with E-state index in [2.05, 4.69) is 11.4 Å². The van der Waals surface area contributed by atoms with Gasteiger partial charge in [0.2, 0.25) is 0 Å². The van der Waals surface area contributed by atoms with Gasteiger partial charge in [-0.1, -0.05) is 0 Å². The largest absolute Gasteiger partial charge is 0.467 e. The molecule has 1 heterocycles. The monoisotopic (exact) mass is 213 g/mol. The molecule has 4 heteroatoms. The first kappa shape index (κ1) is 10.1. The number of hydrogen-bond acceptors (Lipinski definition) is 4. The predicted molar refractivity (Wildman–Crippen MR) is 61.6 cm³/mol. The third-order valence-electron chi connectivity index (χ3n) is 2.20. The summed E-state index contributed by atoms with van der Waals surface area (Å²) in [6.45, 7) is 0.547. The lowest BCUT2D eigenvalue weighted by Crippen LogP contribution is -2.00. The average molecular weight is 213 g/mol. The normalized spacial score (nSPS) is 9.69. The number of benzene rings is 1. The maximum Gasteiger partial charge on any atom is 0.122 e. The van der Waals surface area contributed by atoms with Crippen LogP contribution in [0.25, 0.3) is 0 Å². The molecular formula is C12H11N3O. The summed E-state index contributed by atoms with van der Waals surface area (Å²) in [4.78, 5) is 0. The summed E-state index contributed by atoms with van der Waals surface area (Å²) >= 11 is 0. The van der Waals surface area contributed by atoms with E-state index in [4.69, 9.17) is 15.4 Å². The SMILES string of the molecule is N#Cc1cc(N)ccc1NCc1ccco1. The first-order valence-electron chi connectivity index (χ1n) is 4.85. The van der Waals surface area contributed by atoms with Crippen molar-refractivity contribution in [1.82, 2.24) is 0 Å². The standard InChI is InChI=1S/C12H11N3O/c13-7-9-6-10(14)3-4-12(9)15-8-11-2-1-5-16-11/h1-6,15H,8,14H2. The first-order chi connectivity index (χ1) is 7.79. The molecule has 0 bridgehead atoms. The molecule has 0 unspecified atom stereocenters. The maximum atomic E-state index is 8.93. The van der Waals surface area contributed by atoms with Crippen molar-refractivity contribution in [3.8, 4) is 6.07 Å². The van der Waals surface area contributed by atoms with E-state index >= 15 is 0 Å². The third kappa shape index (κ3) is 2.15. The molecule has 1 aromatic heterocycles. The molecule has 3 N–H and O–H groups in total. The fourth-order valence-corrected chi connectivity index (χ4v) is 1.40. The summed E-state index contributed by atoms with van der Waals surface area (Å²) in [5.41, 5.74) is 7.47. The van der Waals surface area contributed by atoms with E-state index in [-0.39, 0.29) is 0 Å². The molecule has 0 aliphatic carbocycles. The highest BCUT2D eigenvalue weighted by Gasteiger charge is 2.02. The van der Waals surface area contributed by atoms with Crippen molar-refractivity contribution < 1.29 is 4.42 Å². The Hall–Kier alpha value is -2.41. The minimum absolute atomic E-state index is 0.534. The highest BCUT2D eigenvalue weighted by Crippen LogP contribution is 2.18. The quantitative estimate of drug-likeness (QED) is 0.767. The van der Waals surface area contributed by atoms with Crippen molar-refractivity contribution in [1.29, 1.82) is 5.26 Å². The van der Waals surface area contributed by atoms with Gasteiger partial charge in [-0.15, -0.1) is 0 Å². The smallest absolute Gasteiger partial charge is 0.122 e. The molecule has 80 valence electrons. The minimum Gasteiger partial charge on any atom is -0.467 e. The van der Waals surface area contributed by atoms with E-state index in [0.29, 0.717) is 17.8 Å². The van der Waals surface area contributed by atoms with Crippen LogP contribution in [0.4, 0.5) is 11.4 Å². The summed E-state index contributed by atoms with van der Waals surface area (Å²) < 4.78 is 5.18. The molecule has 0 atom stereocenters. The zero-order valence-electron chi connectivity index (χ0n) is 8.60. The fraction of sp³-hybridized carbons (Fsp3) is 0.0833. The molecule has 2 aromatic rings. The highest BCUT2D eigenvalue weighted by atomic mass is 16.3. The second kappa shape index (κ2) is 4.41. The van der Waals surface area contributed by atoms with Crippen LogP contribution in [0.2, 0.25) is 0 Å². The molecule has 0 saturated heterocycles. The molecule has 0 amide bonds. The molecular weight excluding hydrogens is 202 g/mol. The summed E-state index contributed by atoms with van der Waals surface area (Å²) in [6.07, 6.45) is 1.62. The van der Waals surface area contributed by atoms with Gasteiger partial charge in [0.25, 0.3) is 0 Å². The van der Waals surface area contributed by atoms with Gasteiger partial charge in [-0.2, -0.15) is 5.26 Å². The molecule has 16 heavy (non-hydrogen) atoms. The van der Waals surface area contributed by atoms with Crippen LogP contribution < -0.4 is 11.1 Å². The molecule has 0 aliphatic heterocycles. The van der Waals surface area contributed by atoms with Crippen molar-refractivity contribution in [2.24, 2.45) is 0 Å². The average Bonchev–Trinajstić information content (AvgIpc) is 2.80. The van der Waals surface area contributed by atoms with E-state index in [1.165, 1.54) is 0 Å². The Kier molecular flexibility index (Phi) is 2.79. The van der Waals surface area contributed by atoms with Gasteiger partial charge < -0.3 is 15.5 Å². The van der Waals surface area contributed by atoms with Gasteiger partial charge in [-0.3, -0.25) is 0 Å². The molecule has 0 radical (unpaired) electrons. The van der Waals surface area contributed by atoms with Crippen LogP contribution in [0.5, 0.6) is 0 Å². The van der Waals surface area contributed by atoms with Gasteiger partial charge in [0.05, 0.1) is 24.1 Å². The first-order valence-corrected chi connectivity index (χ1v) is 4.85. The predicted octanol–water partition coefficient (Wildman–Crippen LogP) is 2.35. The Morgan fingerprint density at radius 2 is 2.25 bits per heavy atom.